The Morgan fingerprint density at radius 2 is 1.90 bits per heavy atom. The van der Waals surface area contributed by atoms with Crippen LogP contribution in [0.5, 0.6) is 5.75 Å². The molecule has 0 aliphatic carbocycles. The van der Waals surface area contributed by atoms with Gasteiger partial charge in [0.15, 0.2) is 5.96 Å². The van der Waals surface area contributed by atoms with Gasteiger partial charge in [0, 0.05) is 36.8 Å². The van der Waals surface area contributed by atoms with E-state index >= 15 is 0 Å². The Bertz CT molecular complexity index is 1300. The average Bonchev–Trinajstić information content (AvgIpc) is 3.27. The number of hydrogen-bond donors (Lipinski definition) is 10. The molecule has 14 nitrogen and oxygen atoms in total. The number of hydrogen-bond acceptors (Lipinski definition) is 12. The van der Waals surface area contributed by atoms with E-state index in [2.05, 4.69) is 31.3 Å². The van der Waals surface area contributed by atoms with Gasteiger partial charge in [-0.2, -0.15) is 0 Å². The second kappa shape index (κ2) is 12.8. The molecule has 2 aliphatic heterocycles. The fourth-order valence-corrected chi connectivity index (χ4v) is 4.27. The zero-order valence-electron chi connectivity index (χ0n) is 21.4. The van der Waals surface area contributed by atoms with E-state index in [0.29, 0.717) is 35.0 Å². The summed E-state index contributed by atoms with van der Waals surface area (Å²) < 4.78 is 0. The highest BCUT2D eigenvalue weighted by Crippen LogP contribution is 2.34. The van der Waals surface area contributed by atoms with Gasteiger partial charge in [-0.25, -0.2) is 0 Å². The summed E-state index contributed by atoms with van der Waals surface area (Å²) in [5, 5.41) is 71.4. The van der Waals surface area contributed by atoms with Crippen LogP contribution in [-0.2, 0) is 9.59 Å². The molecule has 40 heavy (non-hydrogen) atoms. The summed E-state index contributed by atoms with van der Waals surface area (Å²) in [5.74, 6) is -1.59. The van der Waals surface area contributed by atoms with Crippen molar-refractivity contribution in [3.05, 3.63) is 53.6 Å². The van der Waals surface area contributed by atoms with Gasteiger partial charge >= 0.3 is 5.97 Å². The maximum Gasteiger partial charge on any atom is 0.322 e. The number of carbonyl (C=O) groups excluding carboxylic acids is 1. The van der Waals surface area contributed by atoms with Crippen molar-refractivity contribution in [1.29, 1.82) is 0 Å². The first-order valence-electron chi connectivity index (χ1n) is 12.6. The number of aliphatic hydroxyl groups excluding tert-OH is 4. The molecule has 0 fully saturated rings. The molecule has 0 radical (unpaired) electrons. The molecule has 1 amide bonds. The number of amides is 1. The smallest absolute Gasteiger partial charge is 0.322 e. The Hall–Kier alpha value is -4.08. The largest absolute Gasteiger partial charge is 0.508 e. The quantitative estimate of drug-likeness (QED) is 0.155. The number of carbonyl (C=O) groups is 2. The minimum atomic E-state index is -1.57. The van der Waals surface area contributed by atoms with Crippen LogP contribution in [0.3, 0.4) is 0 Å². The predicted molar refractivity (Wildman–Crippen MR) is 144 cm³/mol. The van der Waals surface area contributed by atoms with Gasteiger partial charge in [-0.15, -0.1) is 0 Å². The van der Waals surface area contributed by atoms with Gasteiger partial charge in [-0.1, -0.05) is 18.2 Å². The molecular formula is C26H32N6O8. The highest BCUT2D eigenvalue weighted by molar-refractivity contribution is 5.99. The van der Waals surface area contributed by atoms with Crippen molar-refractivity contribution in [3.8, 4) is 5.75 Å². The number of aliphatic hydroxyl groups is 4. The summed E-state index contributed by atoms with van der Waals surface area (Å²) in [5.41, 5.74) is 1.70. The molecule has 2 aromatic rings. The van der Waals surface area contributed by atoms with E-state index in [4.69, 9.17) is 0 Å². The predicted octanol–water partition coefficient (Wildman–Crippen LogP) is -0.765. The number of guanidine groups is 1. The topological polar surface area (TPSA) is 228 Å². The Kier molecular flexibility index (Phi) is 9.29. The van der Waals surface area contributed by atoms with Gasteiger partial charge in [0.2, 0.25) is 5.91 Å². The molecule has 0 saturated carbocycles. The molecule has 2 heterocycles. The monoisotopic (exact) mass is 556 g/mol. The van der Waals surface area contributed by atoms with Crippen LogP contribution in [0, 0.1) is 0 Å². The van der Waals surface area contributed by atoms with Crippen LogP contribution in [-0.4, -0.2) is 92.2 Å². The van der Waals surface area contributed by atoms with E-state index < -0.39 is 42.5 Å². The van der Waals surface area contributed by atoms with Gasteiger partial charge in [0.05, 0.1) is 30.2 Å². The molecule has 10 N–H and O–H groups in total. The number of aliphatic carboxylic acids is 1. The van der Waals surface area contributed by atoms with Crippen molar-refractivity contribution >= 4 is 34.9 Å². The van der Waals surface area contributed by atoms with Crippen LogP contribution in [0.2, 0.25) is 0 Å². The number of phenolic OH excluding ortho intramolecular Hbond substituents is 1. The fourth-order valence-electron chi connectivity index (χ4n) is 4.27. The minimum Gasteiger partial charge on any atom is -0.508 e. The van der Waals surface area contributed by atoms with Crippen molar-refractivity contribution < 1.29 is 40.2 Å². The number of aromatic hydroxyl groups is 1. The Morgan fingerprint density at radius 3 is 2.60 bits per heavy atom. The second-order valence-corrected chi connectivity index (χ2v) is 9.48. The number of rotatable bonds is 11. The lowest BCUT2D eigenvalue weighted by Gasteiger charge is -2.21. The van der Waals surface area contributed by atoms with Crippen molar-refractivity contribution in [1.82, 2.24) is 16.0 Å². The van der Waals surface area contributed by atoms with Gasteiger partial charge in [0.25, 0.3) is 0 Å². The molecular weight excluding hydrogens is 524 g/mol. The van der Waals surface area contributed by atoms with Crippen molar-refractivity contribution in [2.24, 2.45) is 9.98 Å². The van der Waals surface area contributed by atoms with E-state index in [9.17, 15) is 40.2 Å². The molecule has 0 spiro atoms. The molecule has 0 saturated heterocycles. The molecule has 4 unspecified atom stereocenters. The highest BCUT2D eigenvalue weighted by atomic mass is 16.4. The van der Waals surface area contributed by atoms with Crippen molar-refractivity contribution in [3.63, 3.8) is 0 Å². The number of aliphatic imine (C=N–C) groups is 2. The first-order chi connectivity index (χ1) is 19.1. The number of carboxylic acids is 1. The maximum atomic E-state index is 12.4. The number of β-amino-alcohol motifs (C(OH)–C–C–N with tert-alkyl or cyclic N) is 1. The molecule has 5 atom stereocenters. The number of anilines is 1. The number of nitrogens with one attached hydrogen (secondary N) is 4. The Morgan fingerprint density at radius 1 is 1.12 bits per heavy atom. The molecule has 214 valence electrons. The number of benzene rings is 2. The number of para-hydroxylation sites is 1. The molecule has 4 rings (SSSR count). The van der Waals surface area contributed by atoms with Gasteiger partial charge in [-0.05, 0) is 30.2 Å². The van der Waals surface area contributed by atoms with Crippen LogP contribution in [0.25, 0.3) is 0 Å². The third-order valence-electron chi connectivity index (χ3n) is 6.40. The first-order valence-corrected chi connectivity index (χ1v) is 12.6. The lowest BCUT2D eigenvalue weighted by molar-refractivity contribution is -0.140. The zero-order chi connectivity index (χ0) is 28.8. The fraction of sp³-hybridized carbons (Fsp3) is 0.385. The number of nitrogens with zero attached hydrogens (tertiary/aromatic N) is 2. The Balaban J connectivity index is 1.27. The van der Waals surface area contributed by atoms with E-state index in [1.54, 1.807) is 30.3 Å². The summed E-state index contributed by atoms with van der Waals surface area (Å²) >= 11 is 0. The van der Waals surface area contributed by atoms with E-state index in [1.165, 1.54) is 12.1 Å². The van der Waals surface area contributed by atoms with E-state index in [-0.39, 0.29) is 37.4 Å². The number of phenols is 1. The van der Waals surface area contributed by atoms with Crippen LogP contribution < -0.4 is 21.3 Å². The van der Waals surface area contributed by atoms with E-state index in [0.717, 1.165) is 0 Å². The molecule has 2 aromatic carbocycles. The third-order valence-corrected chi connectivity index (χ3v) is 6.40. The lowest BCUT2D eigenvalue weighted by Crippen LogP contribution is -2.52. The molecule has 2 aliphatic rings. The van der Waals surface area contributed by atoms with E-state index in [1.807, 2.05) is 0 Å². The minimum absolute atomic E-state index is 0.0187. The molecule has 14 heteroatoms. The summed E-state index contributed by atoms with van der Waals surface area (Å²) in [6.45, 7) is 0.167. The summed E-state index contributed by atoms with van der Waals surface area (Å²) in [6, 6.07) is 9.72. The van der Waals surface area contributed by atoms with Gasteiger partial charge in [-0.3, -0.25) is 24.9 Å². The van der Waals surface area contributed by atoms with Crippen LogP contribution >= 0.6 is 0 Å². The standard InChI is InChI=1S/C26H32N6O8/c33-15-8-13(7-14(9-15)30-26-28-10-16(34)11-29-26)20(35)5-6-21(36)27-12-19(25(39)40)32-24(38)22-23(37)17-3-1-2-4-18(17)31-22/h1-4,7-9,16,19-20,23-24,32-35,37-38H,5-6,10-12H2,(H,27,36)(H,39,40)(H2,28,29,30)/t19-,20?,23?,24?/m0/s1. The Labute approximate surface area is 229 Å². The van der Waals surface area contributed by atoms with Gasteiger partial charge in [0.1, 0.15) is 24.1 Å². The summed E-state index contributed by atoms with van der Waals surface area (Å²) in [6.07, 6.45) is -4.64. The van der Waals surface area contributed by atoms with Gasteiger partial charge < -0.3 is 46.6 Å². The second-order valence-electron chi connectivity index (χ2n) is 9.48. The van der Waals surface area contributed by atoms with Crippen LogP contribution in [0.1, 0.15) is 36.2 Å². The molecule has 0 bridgehead atoms. The SMILES string of the molecule is O=C(CCC(O)c1cc(O)cc(NC2=NCC(O)CN2)c1)NC[C@H](NC(O)C1=Nc2ccccc2C1O)C(=O)O. The van der Waals surface area contributed by atoms with Crippen LogP contribution in [0.15, 0.2) is 52.4 Å². The zero-order valence-corrected chi connectivity index (χ0v) is 21.4. The highest BCUT2D eigenvalue weighted by Gasteiger charge is 2.32. The molecule has 0 aromatic heterocycles. The van der Waals surface area contributed by atoms with Crippen molar-refractivity contribution in [2.45, 2.75) is 43.4 Å². The summed E-state index contributed by atoms with van der Waals surface area (Å²) in [7, 11) is 0. The van der Waals surface area contributed by atoms with Crippen LogP contribution in [0.4, 0.5) is 11.4 Å². The first kappa shape index (κ1) is 28.9. The number of fused-ring (bicyclic) bond motifs is 1. The summed E-state index contributed by atoms with van der Waals surface area (Å²) in [4.78, 5) is 32.4. The lowest BCUT2D eigenvalue weighted by atomic mass is 10.0. The maximum absolute atomic E-state index is 12.4. The normalized spacial score (nSPS) is 20.3. The average molecular weight is 557 g/mol. The number of carboxylic acid groups (broad SMARTS) is 1. The third kappa shape index (κ3) is 7.31. The van der Waals surface area contributed by atoms with Crippen molar-refractivity contribution in [2.75, 3.05) is 25.0 Å².